The van der Waals surface area contributed by atoms with Crippen LogP contribution in [0.1, 0.15) is 14.8 Å². The van der Waals surface area contributed by atoms with Gasteiger partial charge in [-0.15, -0.1) is 22.7 Å². The Labute approximate surface area is 178 Å². The molecule has 0 aliphatic carbocycles. The van der Waals surface area contributed by atoms with E-state index in [4.69, 9.17) is 9.47 Å². The van der Waals surface area contributed by atoms with Crippen LogP contribution in [0.2, 0.25) is 0 Å². The summed E-state index contributed by atoms with van der Waals surface area (Å²) in [6.07, 6.45) is 1.88. The number of ether oxygens (including phenoxy) is 2. The lowest BCUT2D eigenvalue weighted by atomic mass is 10.2. The van der Waals surface area contributed by atoms with Crippen LogP contribution in [0.15, 0.2) is 41.9 Å². The van der Waals surface area contributed by atoms with E-state index in [9.17, 15) is 4.79 Å². The number of aryl methyl sites for hydroxylation is 1. The molecule has 0 unspecified atom stereocenters. The first-order chi connectivity index (χ1) is 14.1. The maximum absolute atomic E-state index is 13.2. The van der Waals surface area contributed by atoms with E-state index in [1.165, 1.54) is 0 Å². The molecule has 0 bridgehead atoms. The van der Waals surface area contributed by atoms with Crippen LogP contribution in [0.3, 0.4) is 0 Å². The van der Waals surface area contributed by atoms with Gasteiger partial charge in [0.15, 0.2) is 11.5 Å². The first-order valence-electron chi connectivity index (χ1n) is 9.41. The fraction of sp³-hybridized carbons (Fsp3) is 0.333. The average molecular weight is 430 g/mol. The largest absolute Gasteiger partial charge is 0.486 e. The Bertz CT molecular complexity index is 971. The Morgan fingerprint density at radius 2 is 1.97 bits per heavy atom. The molecule has 1 aromatic carbocycles. The Morgan fingerprint density at radius 3 is 2.69 bits per heavy atom. The van der Waals surface area contributed by atoms with Gasteiger partial charge in [0.1, 0.15) is 13.2 Å². The number of aromatic nitrogens is 1. The van der Waals surface area contributed by atoms with Crippen LogP contribution >= 0.6 is 22.7 Å². The highest BCUT2D eigenvalue weighted by molar-refractivity contribution is 7.11. The Kier molecular flexibility index (Phi) is 6.13. The number of nitrogens with zero attached hydrogens (tertiary/aromatic N) is 3. The molecule has 0 radical (unpaired) electrons. The normalized spacial score (nSPS) is 12.9. The average Bonchev–Trinajstić information content (AvgIpc) is 3.37. The van der Waals surface area contributed by atoms with Crippen molar-refractivity contribution in [2.45, 2.75) is 20.0 Å². The first kappa shape index (κ1) is 19.9. The van der Waals surface area contributed by atoms with E-state index >= 15 is 0 Å². The van der Waals surface area contributed by atoms with Crippen molar-refractivity contribution in [2.75, 3.05) is 31.7 Å². The van der Waals surface area contributed by atoms with Gasteiger partial charge in [0, 0.05) is 34.2 Å². The molecule has 4 rings (SSSR count). The summed E-state index contributed by atoms with van der Waals surface area (Å²) in [5.41, 5.74) is 0.815. The number of thiophene rings is 1. The minimum Gasteiger partial charge on any atom is -0.486 e. The van der Waals surface area contributed by atoms with Crippen LogP contribution in [-0.4, -0.2) is 42.6 Å². The summed E-state index contributed by atoms with van der Waals surface area (Å²) in [6, 6.07) is 9.75. The van der Waals surface area contributed by atoms with E-state index in [-0.39, 0.29) is 5.91 Å². The number of anilines is 1. The van der Waals surface area contributed by atoms with Gasteiger partial charge in [0.2, 0.25) is 5.91 Å². The summed E-state index contributed by atoms with van der Waals surface area (Å²) in [6.45, 7) is 4.61. The number of likely N-dealkylation sites (N-methyl/N-ethyl adjacent to an activating group) is 1. The van der Waals surface area contributed by atoms with Crippen LogP contribution in [-0.2, 0) is 17.9 Å². The molecule has 0 saturated carbocycles. The van der Waals surface area contributed by atoms with Gasteiger partial charge in [0.05, 0.1) is 18.1 Å². The topological polar surface area (TPSA) is 54.9 Å². The maximum atomic E-state index is 13.2. The fourth-order valence-corrected chi connectivity index (χ4v) is 4.77. The molecule has 3 aromatic rings. The van der Waals surface area contributed by atoms with Crippen LogP contribution in [0.5, 0.6) is 11.5 Å². The zero-order chi connectivity index (χ0) is 20.2. The molecular weight excluding hydrogens is 406 g/mol. The lowest BCUT2D eigenvalue weighted by Crippen LogP contribution is -2.38. The number of carbonyl (C=O) groups is 1. The van der Waals surface area contributed by atoms with E-state index in [0.717, 1.165) is 26.2 Å². The molecule has 29 heavy (non-hydrogen) atoms. The highest BCUT2D eigenvalue weighted by atomic mass is 32.1. The molecule has 8 heteroatoms. The van der Waals surface area contributed by atoms with Gasteiger partial charge >= 0.3 is 0 Å². The van der Waals surface area contributed by atoms with Crippen LogP contribution < -0.4 is 14.4 Å². The summed E-state index contributed by atoms with van der Waals surface area (Å²) >= 11 is 3.31. The smallest absolute Gasteiger partial charge is 0.241 e. The van der Waals surface area contributed by atoms with Crippen molar-refractivity contribution in [2.24, 2.45) is 0 Å². The van der Waals surface area contributed by atoms with E-state index in [1.807, 2.05) is 65.7 Å². The molecule has 1 aliphatic heterocycles. The molecule has 0 spiro atoms. The number of thiazole rings is 1. The van der Waals surface area contributed by atoms with Crippen molar-refractivity contribution < 1.29 is 14.3 Å². The molecule has 152 valence electrons. The van der Waals surface area contributed by atoms with Gasteiger partial charge in [-0.3, -0.25) is 9.69 Å². The second-order valence-corrected chi connectivity index (χ2v) is 9.26. The monoisotopic (exact) mass is 429 g/mol. The molecule has 3 heterocycles. The summed E-state index contributed by atoms with van der Waals surface area (Å²) in [7, 11) is 1.96. The number of amides is 1. The number of carbonyl (C=O) groups excluding carboxylic acids is 1. The third-order valence-electron chi connectivity index (χ3n) is 4.53. The van der Waals surface area contributed by atoms with Gasteiger partial charge in [-0.1, -0.05) is 6.07 Å². The van der Waals surface area contributed by atoms with Crippen molar-refractivity contribution in [1.82, 2.24) is 9.88 Å². The lowest BCUT2D eigenvalue weighted by Gasteiger charge is -2.27. The SMILES string of the molecule is Cc1ncc(CN(C)CC(=O)N(Cc2cccs2)c2ccc3c(c2)OCCO3)s1. The molecule has 0 saturated heterocycles. The quantitative estimate of drug-likeness (QED) is 0.569. The first-order valence-corrected chi connectivity index (χ1v) is 11.1. The van der Waals surface area contributed by atoms with Gasteiger partial charge in [-0.2, -0.15) is 0 Å². The summed E-state index contributed by atoms with van der Waals surface area (Å²) in [4.78, 5) is 23.7. The fourth-order valence-electron chi connectivity index (χ4n) is 3.20. The molecule has 1 amide bonds. The Balaban J connectivity index is 1.52. The molecule has 0 atom stereocenters. The van der Waals surface area contributed by atoms with E-state index in [0.29, 0.717) is 38.6 Å². The zero-order valence-electron chi connectivity index (χ0n) is 16.5. The Morgan fingerprint density at radius 1 is 1.14 bits per heavy atom. The number of fused-ring (bicyclic) bond motifs is 1. The van der Waals surface area contributed by atoms with Gasteiger partial charge in [0.25, 0.3) is 0 Å². The molecule has 0 N–H and O–H groups in total. The molecule has 1 aliphatic rings. The van der Waals surface area contributed by atoms with Crippen molar-refractivity contribution in [3.63, 3.8) is 0 Å². The van der Waals surface area contributed by atoms with Crippen molar-refractivity contribution in [3.05, 3.63) is 56.7 Å². The maximum Gasteiger partial charge on any atom is 0.241 e. The molecule has 2 aromatic heterocycles. The van der Waals surface area contributed by atoms with Crippen molar-refractivity contribution in [3.8, 4) is 11.5 Å². The summed E-state index contributed by atoms with van der Waals surface area (Å²) < 4.78 is 11.3. The highest BCUT2D eigenvalue weighted by Gasteiger charge is 2.21. The van der Waals surface area contributed by atoms with Crippen LogP contribution in [0.25, 0.3) is 0 Å². The summed E-state index contributed by atoms with van der Waals surface area (Å²) in [5, 5.41) is 3.07. The van der Waals surface area contributed by atoms with Crippen molar-refractivity contribution in [1.29, 1.82) is 0 Å². The van der Waals surface area contributed by atoms with Crippen LogP contribution in [0.4, 0.5) is 5.69 Å². The molecule has 0 fully saturated rings. The van der Waals surface area contributed by atoms with Crippen molar-refractivity contribution >= 4 is 34.3 Å². The molecule has 6 nitrogen and oxygen atoms in total. The van der Waals surface area contributed by atoms with Crippen LogP contribution in [0, 0.1) is 6.92 Å². The minimum atomic E-state index is 0.0406. The van der Waals surface area contributed by atoms with Gasteiger partial charge in [-0.25, -0.2) is 4.98 Å². The number of benzene rings is 1. The third-order valence-corrected chi connectivity index (χ3v) is 6.29. The summed E-state index contributed by atoms with van der Waals surface area (Å²) in [5.74, 6) is 1.45. The second-order valence-electron chi connectivity index (χ2n) is 6.91. The number of rotatable bonds is 7. The highest BCUT2D eigenvalue weighted by Crippen LogP contribution is 2.34. The second kappa shape index (κ2) is 8.94. The van der Waals surface area contributed by atoms with Gasteiger partial charge < -0.3 is 14.4 Å². The lowest BCUT2D eigenvalue weighted by molar-refractivity contribution is -0.119. The number of hydrogen-bond acceptors (Lipinski definition) is 7. The zero-order valence-corrected chi connectivity index (χ0v) is 18.1. The molecular formula is C21H23N3O3S2. The van der Waals surface area contributed by atoms with E-state index in [2.05, 4.69) is 4.98 Å². The predicted molar refractivity (Wildman–Crippen MR) is 116 cm³/mol. The minimum absolute atomic E-state index is 0.0406. The third kappa shape index (κ3) is 4.95. The Hall–Kier alpha value is -2.42. The van der Waals surface area contributed by atoms with Gasteiger partial charge in [-0.05, 0) is 37.6 Å². The van der Waals surface area contributed by atoms with E-state index < -0.39 is 0 Å². The van der Waals surface area contributed by atoms with E-state index in [1.54, 1.807) is 22.7 Å². The predicted octanol–water partition coefficient (Wildman–Crippen LogP) is 3.95. The number of hydrogen-bond donors (Lipinski definition) is 0. The standard InChI is InChI=1S/C21H23N3O3S2/c1-15-22-11-18(29-15)12-23(2)14-21(25)24(13-17-4-3-9-28-17)16-5-6-19-20(10-16)27-8-7-26-19/h3-6,9-11H,7-8,12-14H2,1-2H3.